The smallest absolute Gasteiger partial charge is 0.245 e. The van der Waals surface area contributed by atoms with Gasteiger partial charge < -0.3 is 5.73 Å². The van der Waals surface area contributed by atoms with Crippen LogP contribution in [0, 0.1) is 0 Å². The number of alkyl halides is 2. The van der Waals surface area contributed by atoms with E-state index in [1.807, 2.05) is 6.92 Å². The number of hydrogen-bond acceptors (Lipinski definition) is 2. The van der Waals surface area contributed by atoms with Crippen molar-refractivity contribution in [3.05, 3.63) is 29.6 Å². The number of nitrogens with two attached hydrogens (primary N) is 1. The molecule has 1 unspecified atom stereocenters. The zero-order chi connectivity index (χ0) is 11.5. The topological polar surface area (TPSA) is 38.9 Å². The lowest BCUT2D eigenvalue weighted by Gasteiger charge is -2.10. The predicted molar refractivity (Wildman–Crippen MR) is 55.8 cm³/mol. The number of pyridine rings is 1. The van der Waals surface area contributed by atoms with Gasteiger partial charge in [0, 0.05) is 18.7 Å². The molecule has 1 atom stereocenters. The summed E-state index contributed by atoms with van der Waals surface area (Å²) in [5.74, 6) is -2.61. The van der Waals surface area contributed by atoms with Crippen LogP contribution in [-0.4, -0.2) is 10.9 Å². The summed E-state index contributed by atoms with van der Waals surface area (Å²) in [6.07, 6.45) is 1.81. The van der Waals surface area contributed by atoms with Crippen LogP contribution in [0.3, 0.4) is 0 Å². The summed E-state index contributed by atoms with van der Waals surface area (Å²) in [7, 11) is 0. The van der Waals surface area contributed by atoms with Crippen LogP contribution < -0.4 is 5.73 Å². The first-order valence-corrected chi connectivity index (χ1v) is 4.97. The maximum Gasteiger partial charge on any atom is 0.245 e. The maximum absolute atomic E-state index is 12.6. The van der Waals surface area contributed by atoms with Gasteiger partial charge in [-0.2, -0.15) is 0 Å². The molecular weight excluding hydrogens is 198 g/mol. The molecule has 0 radical (unpaired) electrons. The normalized spacial score (nSPS) is 13.9. The molecule has 0 saturated heterocycles. The van der Waals surface area contributed by atoms with Gasteiger partial charge >= 0.3 is 0 Å². The Morgan fingerprint density at radius 3 is 2.53 bits per heavy atom. The fourth-order valence-electron chi connectivity index (χ4n) is 1.22. The second kappa shape index (κ2) is 4.66. The summed E-state index contributed by atoms with van der Waals surface area (Å²) < 4.78 is 25.2. The van der Waals surface area contributed by atoms with Crippen LogP contribution in [-0.2, 0) is 6.42 Å². The molecule has 0 fully saturated rings. The summed E-state index contributed by atoms with van der Waals surface area (Å²) in [4.78, 5) is 4.11. The van der Waals surface area contributed by atoms with Crippen molar-refractivity contribution >= 4 is 0 Å². The Kier molecular flexibility index (Phi) is 3.74. The van der Waals surface area contributed by atoms with Crippen LogP contribution in [0.25, 0.3) is 0 Å². The van der Waals surface area contributed by atoms with Crippen molar-refractivity contribution in [1.82, 2.24) is 4.98 Å². The minimum absolute atomic E-state index is 0.119. The van der Waals surface area contributed by atoms with Crippen molar-refractivity contribution in [2.45, 2.75) is 38.7 Å². The van der Waals surface area contributed by atoms with Crippen LogP contribution in [0.4, 0.5) is 8.78 Å². The zero-order valence-corrected chi connectivity index (χ0v) is 9.00. The number of aromatic nitrogens is 1. The highest BCUT2D eigenvalue weighted by Crippen LogP contribution is 2.19. The van der Waals surface area contributed by atoms with E-state index in [4.69, 9.17) is 5.73 Å². The Balaban J connectivity index is 2.57. The van der Waals surface area contributed by atoms with Gasteiger partial charge in [-0.3, -0.25) is 4.98 Å². The molecule has 1 aromatic rings. The average molecular weight is 214 g/mol. The SMILES string of the molecule is CC(N)c1ccc(CCC(C)(F)F)cn1. The summed E-state index contributed by atoms with van der Waals surface area (Å²) in [5, 5.41) is 0. The second-order valence-electron chi connectivity index (χ2n) is 3.95. The minimum atomic E-state index is -2.61. The van der Waals surface area contributed by atoms with E-state index in [1.165, 1.54) is 0 Å². The fourth-order valence-corrected chi connectivity index (χ4v) is 1.22. The highest BCUT2D eigenvalue weighted by atomic mass is 19.3. The van der Waals surface area contributed by atoms with Gasteiger partial charge in [-0.25, -0.2) is 8.78 Å². The number of hydrogen-bond donors (Lipinski definition) is 1. The van der Waals surface area contributed by atoms with Gasteiger partial charge in [0.05, 0.1) is 5.69 Å². The quantitative estimate of drug-likeness (QED) is 0.836. The molecule has 0 aliphatic heterocycles. The van der Waals surface area contributed by atoms with Crippen molar-refractivity contribution in [1.29, 1.82) is 0 Å². The van der Waals surface area contributed by atoms with Gasteiger partial charge in [0.2, 0.25) is 5.92 Å². The number of aryl methyl sites for hydroxylation is 1. The van der Waals surface area contributed by atoms with Gasteiger partial charge in [0.15, 0.2) is 0 Å². The van der Waals surface area contributed by atoms with Gasteiger partial charge in [-0.1, -0.05) is 6.07 Å². The second-order valence-corrected chi connectivity index (χ2v) is 3.95. The molecule has 0 aromatic carbocycles. The van der Waals surface area contributed by atoms with Crippen molar-refractivity contribution in [2.75, 3.05) is 0 Å². The van der Waals surface area contributed by atoms with E-state index in [-0.39, 0.29) is 12.5 Å². The van der Waals surface area contributed by atoms with Gasteiger partial charge in [0.1, 0.15) is 0 Å². The lowest BCUT2D eigenvalue weighted by Crippen LogP contribution is -2.11. The molecular formula is C11H16F2N2. The summed E-state index contributed by atoms with van der Waals surface area (Å²) in [5.41, 5.74) is 7.22. The van der Waals surface area contributed by atoms with E-state index in [9.17, 15) is 8.78 Å². The van der Waals surface area contributed by atoms with Crippen LogP contribution >= 0.6 is 0 Å². The first-order valence-electron chi connectivity index (χ1n) is 4.97. The van der Waals surface area contributed by atoms with Crippen molar-refractivity contribution in [3.63, 3.8) is 0 Å². The molecule has 0 amide bonds. The van der Waals surface area contributed by atoms with Crippen molar-refractivity contribution < 1.29 is 8.78 Å². The Morgan fingerprint density at radius 2 is 2.13 bits per heavy atom. The fraction of sp³-hybridized carbons (Fsp3) is 0.545. The van der Waals surface area contributed by atoms with Crippen LogP contribution in [0.2, 0.25) is 0 Å². The molecule has 0 spiro atoms. The minimum Gasteiger partial charge on any atom is -0.323 e. The first kappa shape index (κ1) is 12.0. The number of rotatable bonds is 4. The first-order chi connectivity index (χ1) is 6.88. The molecule has 4 heteroatoms. The Labute approximate surface area is 88.5 Å². The summed E-state index contributed by atoms with van der Waals surface area (Å²) in [6, 6.07) is 3.47. The van der Waals surface area contributed by atoms with Crippen molar-refractivity contribution in [3.8, 4) is 0 Å². The van der Waals surface area contributed by atoms with Gasteiger partial charge in [0.25, 0.3) is 0 Å². The number of halogens is 2. The predicted octanol–water partition coefficient (Wildman–Crippen LogP) is 2.69. The van der Waals surface area contributed by atoms with Gasteiger partial charge in [-0.05, 0) is 31.9 Å². The standard InChI is InChI=1S/C11H16F2N2/c1-8(14)10-4-3-9(7-15-10)5-6-11(2,12)13/h3-4,7-8H,5-6,14H2,1-2H3. The Hall–Kier alpha value is -1.03. The highest BCUT2D eigenvalue weighted by molar-refractivity contribution is 5.16. The van der Waals surface area contributed by atoms with E-state index in [0.717, 1.165) is 18.2 Å². The Morgan fingerprint density at radius 1 is 1.47 bits per heavy atom. The third-order valence-corrected chi connectivity index (χ3v) is 2.17. The highest BCUT2D eigenvalue weighted by Gasteiger charge is 2.20. The van der Waals surface area contributed by atoms with Gasteiger partial charge in [-0.15, -0.1) is 0 Å². The Bertz CT molecular complexity index is 301. The molecule has 0 bridgehead atoms. The van der Waals surface area contributed by atoms with E-state index >= 15 is 0 Å². The molecule has 0 aliphatic carbocycles. The van der Waals surface area contributed by atoms with Crippen LogP contribution in [0.5, 0.6) is 0 Å². The van der Waals surface area contributed by atoms with Crippen LogP contribution in [0.1, 0.15) is 37.6 Å². The third kappa shape index (κ3) is 4.34. The van der Waals surface area contributed by atoms with Crippen molar-refractivity contribution in [2.24, 2.45) is 5.73 Å². The number of nitrogens with zero attached hydrogens (tertiary/aromatic N) is 1. The molecule has 1 aromatic heterocycles. The van der Waals surface area contributed by atoms with E-state index in [1.54, 1.807) is 18.3 Å². The van der Waals surface area contributed by atoms with E-state index in [2.05, 4.69) is 4.98 Å². The molecule has 0 saturated carbocycles. The maximum atomic E-state index is 12.6. The molecule has 2 nitrogen and oxygen atoms in total. The molecule has 0 aliphatic rings. The lowest BCUT2D eigenvalue weighted by molar-refractivity contribution is 0.0133. The van der Waals surface area contributed by atoms with E-state index in [0.29, 0.717) is 6.42 Å². The molecule has 15 heavy (non-hydrogen) atoms. The third-order valence-electron chi connectivity index (χ3n) is 2.17. The molecule has 84 valence electrons. The van der Waals surface area contributed by atoms with Crippen LogP contribution in [0.15, 0.2) is 18.3 Å². The summed E-state index contributed by atoms with van der Waals surface area (Å²) in [6.45, 7) is 2.76. The average Bonchev–Trinajstić information content (AvgIpc) is 2.14. The molecule has 1 rings (SSSR count). The zero-order valence-electron chi connectivity index (χ0n) is 9.00. The summed E-state index contributed by atoms with van der Waals surface area (Å²) >= 11 is 0. The largest absolute Gasteiger partial charge is 0.323 e. The van der Waals surface area contributed by atoms with E-state index < -0.39 is 5.92 Å². The molecule has 1 heterocycles. The lowest BCUT2D eigenvalue weighted by atomic mass is 10.1. The molecule has 2 N–H and O–H groups in total. The monoisotopic (exact) mass is 214 g/mol.